The second kappa shape index (κ2) is 6.22. The van der Waals surface area contributed by atoms with Gasteiger partial charge in [-0.2, -0.15) is 0 Å². The third kappa shape index (κ3) is 3.31. The highest BCUT2D eigenvalue weighted by atomic mass is 35.5. The molecule has 0 spiro atoms. The number of piperidine rings is 1. The molecular formula is C15H19ClN2O3. The summed E-state index contributed by atoms with van der Waals surface area (Å²) >= 11 is 6.17. The van der Waals surface area contributed by atoms with E-state index in [0.717, 1.165) is 49.4 Å². The largest absolute Gasteiger partial charge is 0.467 e. The summed E-state index contributed by atoms with van der Waals surface area (Å²) in [6.45, 7) is 3.32. The number of carbonyl (C=O) groups excluding carboxylic acids is 1. The summed E-state index contributed by atoms with van der Waals surface area (Å²) in [5, 5.41) is 0.699. The van der Waals surface area contributed by atoms with Crippen LogP contribution >= 0.6 is 11.6 Å². The van der Waals surface area contributed by atoms with Gasteiger partial charge in [0.05, 0.1) is 6.61 Å². The van der Waals surface area contributed by atoms with Crippen molar-refractivity contribution in [1.29, 1.82) is 0 Å². The molecule has 2 N–H and O–H groups in total. The average Bonchev–Trinajstić information content (AvgIpc) is 2.47. The molecule has 114 valence electrons. The van der Waals surface area contributed by atoms with Gasteiger partial charge < -0.3 is 15.2 Å². The van der Waals surface area contributed by atoms with Gasteiger partial charge in [0, 0.05) is 28.6 Å². The zero-order chi connectivity index (χ0) is 14.8. The van der Waals surface area contributed by atoms with Gasteiger partial charge in [-0.25, -0.2) is 0 Å². The number of nitrogens with zero attached hydrogens (tertiary/aromatic N) is 1. The Hall–Kier alpha value is -1.30. The van der Waals surface area contributed by atoms with E-state index in [1.165, 1.54) is 0 Å². The molecule has 0 bridgehead atoms. The molecule has 1 saturated heterocycles. The summed E-state index contributed by atoms with van der Waals surface area (Å²) in [4.78, 5) is 13.5. The summed E-state index contributed by atoms with van der Waals surface area (Å²) in [7, 11) is 0. The lowest BCUT2D eigenvalue weighted by atomic mass is 9.96. The predicted molar refractivity (Wildman–Crippen MR) is 78.9 cm³/mol. The lowest BCUT2D eigenvalue weighted by Crippen LogP contribution is -2.38. The maximum absolute atomic E-state index is 11.2. The van der Waals surface area contributed by atoms with Crippen molar-refractivity contribution in [1.82, 2.24) is 4.90 Å². The highest BCUT2D eigenvalue weighted by Crippen LogP contribution is 2.33. The number of rotatable bonds is 3. The highest BCUT2D eigenvalue weighted by Gasteiger charge is 2.24. The number of fused-ring (bicyclic) bond motifs is 1. The zero-order valence-electron chi connectivity index (χ0n) is 11.8. The first-order valence-electron chi connectivity index (χ1n) is 7.17. The van der Waals surface area contributed by atoms with Crippen molar-refractivity contribution in [3.8, 4) is 5.75 Å². The van der Waals surface area contributed by atoms with Crippen LogP contribution in [-0.2, 0) is 22.7 Å². The first kappa shape index (κ1) is 14.6. The van der Waals surface area contributed by atoms with E-state index >= 15 is 0 Å². The van der Waals surface area contributed by atoms with E-state index < -0.39 is 0 Å². The van der Waals surface area contributed by atoms with Crippen LogP contribution in [0.2, 0.25) is 5.02 Å². The molecule has 2 aliphatic rings. The standard InChI is InChI=1S/C15H19ClN2O3/c16-13-5-11(14-12(6-13)8-20-9-21-14)7-18-3-1-10(2-4-18)15(17)19/h5-6,10H,1-4,7-9H2,(H2,17,19). The third-order valence-corrected chi connectivity index (χ3v) is 4.35. The predicted octanol–water partition coefficient (Wildman–Crippen LogP) is 1.90. The second-order valence-corrected chi connectivity index (χ2v) is 6.05. The Labute approximate surface area is 128 Å². The number of amides is 1. The fourth-order valence-corrected chi connectivity index (χ4v) is 3.25. The van der Waals surface area contributed by atoms with E-state index in [1.807, 2.05) is 12.1 Å². The number of carbonyl (C=O) groups is 1. The van der Waals surface area contributed by atoms with Crippen molar-refractivity contribution in [3.05, 3.63) is 28.3 Å². The van der Waals surface area contributed by atoms with Gasteiger partial charge in [0.2, 0.25) is 5.91 Å². The van der Waals surface area contributed by atoms with Gasteiger partial charge in [-0.15, -0.1) is 0 Å². The molecule has 1 amide bonds. The van der Waals surface area contributed by atoms with Gasteiger partial charge in [0.15, 0.2) is 6.79 Å². The molecule has 0 atom stereocenters. The Morgan fingerprint density at radius 3 is 2.86 bits per heavy atom. The highest BCUT2D eigenvalue weighted by molar-refractivity contribution is 6.30. The summed E-state index contributed by atoms with van der Waals surface area (Å²) < 4.78 is 10.9. The number of likely N-dealkylation sites (tertiary alicyclic amines) is 1. The minimum Gasteiger partial charge on any atom is -0.467 e. The molecular weight excluding hydrogens is 292 g/mol. The Morgan fingerprint density at radius 1 is 1.38 bits per heavy atom. The molecule has 1 fully saturated rings. The van der Waals surface area contributed by atoms with Crippen LogP contribution in [0.15, 0.2) is 12.1 Å². The summed E-state index contributed by atoms with van der Waals surface area (Å²) in [6, 6.07) is 3.84. The average molecular weight is 311 g/mol. The number of hydrogen-bond donors (Lipinski definition) is 1. The van der Waals surface area contributed by atoms with Crippen molar-refractivity contribution >= 4 is 17.5 Å². The van der Waals surface area contributed by atoms with E-state index in [4.69, 9.17) is 26.8 Å². The van der Waals surface area contributed by atoms with Gasteiger partial charge in [0.25, 0.3) is 0 Å². The van der Waals surface area contributed by atoms with Crippen LogP contribution in [0.3, 0.4) is 0 Å². The number of nitrogens with two attached hydrogens (primary N) is 1. The van der Waals surface area contributed by atoms with Crippen molar-refractivity contribution < 1.29 is 14.3 Å². The molecule has 0 aliphatic carbocycles. The number of hydrogen-bond acceptors (Lipinski definition) is 4. The maximum Gasteiger partial charge on any atom is 0.220 e. The minimum atomic E-state index is -0.185. The van der Waals surface area contributed by atoms with Crippen molar-refractivity contribution in [2.75, 3.05) is 19.9 Å². The van der Waals surface area contributed by atoms with Crippen molar-refractivity contribution in [2.45, 2.75) is 26.0 Å². The first-order valence-corrected chi connectivity index (χ1v) is 7.55. The Morgan fingerprint density at radius 2 is 2.14 bits per heavy atom. The molecule has 21 heavy (non-hydrogen) atoms. The quantitative estimate of drug-likeness (QED) is 0.926. The number of ether oxygens (including phenoxy) is 2. The van der Waals surface area contributed by atoms with Crippen molar-refractivity contribution in [2.24, 2.45) is 11.7 Å². The van der Waals surface area contributed by atoms with Crippen LogP contribution in [0.25, 0.3) is 0 Å². The number of benzene rings is 1. The Bertz CT molecular complexity index is 542. The topological polar surface area (TPSA) is 64.8 Å². The molecule has 0 aromatic heterocycles. The van der Waals surface area contributed by atoms with Crippen molar-refractivity contribution in [3.63, 3.8) is 0 Å². The Balaban J connectivity index is 1.71. The van der Waals surface area contributed by atoms with E-state index in [0.29, 0.717) is 11.6 Å². The molecule has 6 heteroatoms. The molecule has 0 unspecified atom stereocenters. The molecule has 0 radical (unpaired) electrons. The molecule has 1 aromatic rings. The van der Waals surface area contributed by atoms with Crippen LogP contribution in [0.4, 0.5) is 0 Å². The molecule has 1 aromatic carbocycles. The molecule has 2 heterocycles. The van der Waals surface area contributed by atoms with Gasteiger partial charge in [-0.3, -0.25) is 9.69 Å². The summed E-state index contributed by atoms with van der Waals surface area (Å²) in [6.07, 6.45) is 1.64. The van der Waals surface area contributed by atoms with Gasteiger partial charge in [0.1, 0.15) is 5.75 Å². The first-order chi connectivity index (χ1) is 10.1. The van der Waals surface area contributed by atoms with Crippen LogP contribution in [0, 0.1) is 5.92 Å². The van der Waals surface area contributed by atoms with E-state index in [9.17, 15) is 4.79 Å². The Kier molecular flexibility index (Phi) is 4.33. The van der Waals surface area contributed by atoms with Crippen LogP contribution in [0.5, 0.6) is 5.75 Å². The number of halogens is 1. The summed E-state index contributed by atoms with van der Waals surface area (Å²) in [5.74, 6) is 0.720. The SMILES string of the molecule is NC(=O)C1CCN(Cc2cc(Cl)cc3c2OCOC3)CC1. The fourth-order valence-electron chi connectivity index (χ4n) is 2.99. The van der Waals surface area contributed by atoms with Gasteiger partial charge in [-0.05, 0) is 38.1 Å². The molecule has 2 aliphatic heterocycles. The lowest BCUT2D eigenvalue weighted by molar-refractivity contribution is -0.123. The van der Waals surface area contributed by atoms with E-state index in [2.05, 4.69) is 4.90 Å². The van der Waals surface area contributed by atoms with E-state index in [1.54, 1.807) is 0 Å². The van der Waals surface area contributed by atoms with E-state index in [-0.39, 0.29) is 18.6 Å². The van der Waals surface area contributed by atoms with Crippen LogP contribution < -0.4 is 10.5 Å². The normalized spacial score (nSPS) is 19.9. The maximum atomic E-state index is 11.2. The summed E-state index contributed by atoms with van der Waals surface area (Å²) in [5.41, 5.74) is 7.45. The smallest absolute Gasteiger partial charge is 0.220 e. The zero-order valence-corrected chi connectivity index (χ0v) is 12.6. The van der Waals surface area contributed by atoms with Gasteiger partial charge in [-0.1, -0.05) is 11.6 Å². The molecule has 5 nitrogen and oxygen atoms in total. The minimum absolute atomic E-state index is 0.0131. The fraction of sp³-hybridized carbons (Fsp3) is 0.533. The third-order valence-electron chi connectivity index (χ3n) is 4.14. The monoisotopic (exact) mass is 310 g/mol. The molecule has 3 rings (SSSR count). The van der Waals surface area contributed by atoms with Crippen LogP contribution in [-0.4, -0.2) is 30.7 Å². The second-order valence-electron chi connectivity index (χ2n) is 5.62. The lowest BCUT2D eigenvalue weighted by Gasteiger charge is -2.31. The van der Waals surface area contributed by atoms with Gasteiger partial charge >= 0.3 is 0 Å². The molecule has 0 saturated carbocycles. The number of primary amides is 1. The van der Waals surface area contributed by atoms with Crippen LogP contribution in [0.1, 0.15) is 24.0 Å².